The second-order valence-corrected chi connectivity index (χ2v) is 6.88. The van der Waals surface area contributed by atoms with Gasteiger partial charge in [-0.25, -0.2) is 4.98 Å². The molecule has 1 atom stereocenters. The fraction of sp³-hybridized carbons (Fsp3) is 0.786. The molecule has 0 aromatic carbocycles. The first-order valence-electron chi connectivity index (χ1n) is 7.33. The first-order valence-corrected chi connectivity index (χ1v) is 8.21. The van der Waals surface area contributed by atoms with Crippen LogP contribution in [0.15, 0.2) is 5.38 Å². The molecule has 19 heavy (non-hydrogen) atoms. The Balaban J connectivity index is 1.50. The van der Waals surface area contributed by atoms with Crippen LogP contribution >= 0.6 is 11.3 Å². The summed E-state index contributed by atoms with van der Waals surface area (Å²) in [6.45, 7) is 7.90. The molecule has 0 aliphatic carbocycles. The molecule has 1 aromatic heterocycles. The van der Waals surface area contributed by atoms with E-state index in [4.69, 9.17) is 5.73 Å². The summed E-state index contributed by atoms with van der Waals surface area (Å²) in [6, 6.07) is 1.18. The SMILES string of the molecule is Cc1csc(CN2CCC(N3CCC(N)CC3)C2)n1. The molecule has 3 heterocycles. The molecule has 0 saturated carbocycles. The van der Waals surface area contributed by atoms with Gasteiger partial charge in [0, 0.05) is 36.2 Å². The minimum Gasteiger partial charge on any atom is -0.328 e. The van der Waals surface area contributed by atoms with Gasteiger partial charge in [0.15, 0.2) is 0 Å². The van der Waals surface area contributed by atoms with Crippen molar-refractivity contribution in [3.05, 3.63) is 16.1 Å². The van der Waals surface area contributed by atoms with Crippen LogP contribution in [0.3, 0.4) is 0 Å². The average molecular weight is 280 g/mol. The maximum atomic E-state index is 5.98. The van der Waals surface area contributed by atoms with E-state index in [-0.39, 0.29) is 0 Å². The Labute approximate surface area is 119 Å². The molecular weight excluding hydrogens is 256 g/mol. The molecular formula is C14H24N4S. The van der Waals surface area contributed by atoms with Crippen molar-refractivity contribution in [3.63, 3.8) is 0 Å². The number of thiazole rings is 1. The van der Waals surface area contributed by atoms with E-state index in [0.717, 1.165) is 18.3 Å². The molecule has 5 heteroatoms. The van der Waals surface area contributed by atoms with Gasteiger partial charge in [0.2, 0.25) is 0 Å². The zero-order valence-electron chi connectivity index (χ0n) is 11.7. The van der Waals surface area contributed by atoms with Crippen molar-refractivity contribution >= 4 is 11.3 Å². The number of piperidine rings is 1. The molecule has 1 unspecified atom stereocenters. The third-order valence-electron chi connectivity index (χ3n) is 4.36. The molecule has 0 spiro atoms. The van der Waals surface area contributed by atoms with Gasteiger partial charge in [-0.05, 0) is 39.3 Å². The molecule has 0 bridgehead atoms. The normalized spacial score (nSPS) is 27.2. The average Bonchev–Trinajstić information content (AvgIpc) is 3.00. The highest BCUT2D eigenvalue weighted by Crippen LogP contribution is 2.22. The number of hydrogen-bond donors (Lipinski definition) is 1. The number of nitrogens with zero attached hydrogens (tertiary/aromatic N) is 3. The smallest absolute Gasteiger partial charge is 0.107 e. The third kappa shape index (κ3) is 3.34. The van der Waals surface area contributed by atoms with Gasteiger partial charge in [-0.1, -0.05) is 0 Å². The lowest BCUT2D eigenvalue weighted by molar-refractivity contribution is 0.151. The Morgan fingerprint density at radius 3 is 2.79 bits per heavy atom. The lowest BCUT2D eigenvalue weighted by atomic mass is 10.0. The van der Waals surface area contributed by atoms with Gasteiger partial charge >= 0.3 is 0 Å². The molecule has 2 aliphatic heterocycles. The second kappa shape index (κ2) is 5.87. The predicted octanol–water partition coefficient (Wildman–Crippen LogP) is 1.45. The Bertz CT molecular complexity index is 411. The summed E-state index contributed by atoms with van der Waals surface area (Å²) in [7, 11) is 0. The number of nitrogens with two attached hydrogens (primary N) is 1. The third-order valence-corrected chi connectivity index (χ3v) is 5.31. The summed E-state index contributed by atoms with van der Waals surface area (Å²) in [5.41, 5.74) is 7.14. The number of aromatic nitrogens is 1. The monoisotopic (exact) mass is 280 g/mol. The highest BCUT2D eigenvalue weighted by Gasteiger charge is 2.29. The van der Waals surface area contributed by atoms with Gasteiger partial charge in [-0.2, -0.15) is 0 Å². The highest BCUT2D eigenvalue weighted by molar-refractivity contribution is 7.09. The number of rotatable bonds is 3. The highest BCUT2D eigenvalue weighted by atomic mass is 32.1. The minimum atomic E-state index is 0.437. The van der Waals surface area contributed by atoms with Crippen LogP contribution in [0.1, 0.15) is 30.0 Å². The Morgan fingerprint density at radius 2 is 2.11 bits per heavy atom. The minimum absolute atomic E-state index is 0.437. The molecule has 2 aliphatic rings. The number of likely N-dealkylation sites (tertiary alicyclic amines) is 2. The second-order valence-electron chi connectivity index (χ2n) is 5.93. The molecule has 0 radical (unpaired) electrons. The summed E-state index contributed by atoms with van der Waals surface area (Å²) in [5, 5.41) is 3.41. The van der Waals surface area contributed by atoms with Crippen molar-refractivity contribution < 1.29 is 0 Å². The van der Waals surface area contributed by atoms with E-state index in [9.17, 15) is 0 Å². The van der Waals surface area contributed by atoms with E-state index in [0.29, 0.717) is 6.04 Å². The molecule has 2 fully saturated rings. The van der Waals surface area contributed by atoms with Crippen LogP contribution in [0.2, 0.25) is 0 Å². The van der Waals surface area contributed by atoms with E-state index in [1.54, 1.807) is 11.3 Å². The molecule has 2 N–H and O–H groups in total. The van der Waals surface area contributed by atoms with Crippen LogP contribution in [0, 0.1) is 6.92 Å². The van der Waals surface area contributed by atoms with Crippen LogP contribution in [-0.2, 0) is 6.54 Å². The largest absolute Gasteiger partial charge is 0.328 e. The van der Waals surface area contributed by atoms with E-state index < -0.39 is 0 Å². The summed E-state index contributed by atoms with van der Waals surface area (Å²) in [4.78, 5) is 9.77. The van der Waals surface area contributed by atoms with Crippen molar-refractivity contribution in [2.45, 2.75) is 44.8 Å². The fourth-order valence-corrected chi connectivity index (χ4v) is 4.02. The molecule has 1 aromatic rings. The summed E-state index contributed by atoms with van der Waals surface area (Å²) in [5.74, 6) is 0. The predicted molar refractivity (Wildman–Crippen MR) is 79.3 cm³/mol. The zero-order valence-corrected chi connectivity index (χ0v) is 12.5. The molecule has 4 nitrogen and oxygen atoms in total. The van der Waals surface area contributed by atoms with E-state index in [1.807, 2.05) is 0 Å². The van der Waals surface area contributed by atoms with Crippen molar-refractivity contribution in [3.8, 4) is 0 Å². The van der Waals surface area contributed by atoms with Gasteiger partial charge < -0.3 is 5.73 Å². The first-order chi connectivity index (χ1) is 9.20. The number of hydrogen-bond acceptors (Lipinski definition) is 5. The van der Waals surface area contributed by atoms with E-state index in [2.05, 4.69) is 27.1 Å². The standard InChI is InChI=1S/C14H24N4S/c1-11-10-19-14(16-11)9-17-5-4-13(8-17)18-6-2-12(15)3-7-18/h10,12-13H,2-9,15H2,1H3. The molecule has 3 rings (SSSR count). The van der Waals surface area contributed by atoms with Gasteiger partial charge in [0.05, 0.1) is 6.54 Å². The maximum Gasteiger partial charge on any atom is 0.107 e. The Morgan fingerprint density at radius 1 is 1.32 bits per heavy atom. The zero-order chi connectivity index (χ0) is 13.2. The van der Waals surface area contributed by atoms with Crippen LogP contribution in [0.4, 0.5) is 0 Å². The van der Waals surface area contributed by atoms with Crippen LogP contribution in [0.25, 0.3) is 0 Å². The Hall–Kier alpha value is -0.490. The molecule has 0 amide bonds. The van der Waals surface area contributed by atoms with Crippen molar-refractivity contribution in [2.75, 3.05) is 26.2 Å². The van der Waals surface area contributed by atoms with E-state index >= 15 is 0 Å². The van der Waals surface area contributed by atoms with Crippen LogP contribution in [-0.4, -0.2) is 53.0 Å². The summed E-state index contributed by atoms with van der Waals surface area (Å²) >= 11 is 1.79. The lowest BCUT2D eigenvalue weighted by Crippen LogP contribution is -2.46. The molecule has 106 valence electrons. The van der Waals surface area contributed by atoms with Crippen molar-refractivity contribution in [2.24, 2.45) is 5.73 Å². The van der Waals surface area contributed by atoms with E-state index in [1.165, 1.54) is 50.4 Å². The van der Waals surface area contributed by atoms with Crippen LogP contribution in [0.5, 0.6) is 0 Å². The van der Waals surface area contributed by atoms with Gasteiger partial charge in [-0.3, -0.25) is 9.80 Å². The van der Waals surface area contributed by atoms with Crippen molar-refractivity contribution in [1.29, 1.82) is 0 Å². The van der Waals surface area contributed by atoms with Gasteiger partial charge in [0.1, 0.15) is 5.01 Å². The number of aryl methyl sites for hydroxylation is 1. The topological polar surface area (TPSA) is 45.4 Å². The summed E-state index contributed by atoms with van der Waals surface area (Å²) < 4.78 is 0. The quantitative estimate of drug-likeness (QED) is 0.910. The fourth-order valence-electron chi connectivity index (χ4n) is 3.21. The van der Waals surface area contributed by atoms with Gasteiger partial charge in [0.25, 0.3) is 0 Å². The Kier molecular flexibility index (Phi) is 4.17. The van der Waals surface area contributed by atoms with Crippen LogP contribution < -0.4 is 5.73 Å². The maximum absolute atomic E-state index is 5.98. The van der Waals surface area contributed by atoms with Crippen molar-refractivity contribution in [1.82, 2.24) is 14.8 Å². The molecule has 2 saturated heterocycles. The van der Waals surface area contributed by atoms with Gasteiger partial charge in [-0.15, -0.1) is 11.3 Å². The first kappa shape index (κ1) is 13.5. The summed E-state index contributed by atoms with van der Waals surface area (Å²) in [6.07, 6.45) is 3.64. The lowest BCUT2D eigenvalue weighted by Gasteiger charge is -2.34.